The molecule has 0 bridgehead atoms. The fourth-order valence-corrected chi connectivity index (χ4v) is 2.21. The van der Waals surface area contributed by atoms with Gasteiger partial charge < -0.3 is 20.5 Å². The third-order valence-corrected chi connectivity index (χ3v) is 3.17. The van der Waals surface area contributed by atoms with Crippen molar-refractivity contribution in [1.82, 2.24) is 0 Å². The van der Waals surface area contributed by atoms with Crippen LogP contribution in [0.15, 0.2) is 18.2 Å². The number of carbonyl (C=O) groups is 1. The van der Waals surface area contributed by atoms with E-state index in [1.54, 1.807) is 12.1 Å². The highest BCUT2D eigenvalue weighted by molar-refractivity contribution is 5.95. The molecule has 0 spiro atoms. The van der Waals surface area contributed by atoms with Crippen molar-refractivity contribution < 1.29 is 14.6 Å². The van der Waals surface area contributed by atoms with Gasteiger partial charge in [0, 0.05) is 18.3 Å². The minimum atomic E-state index is -0.955. The van der Waals surface area contributed by atoms with E-state index in [4.69, 9.17) is 10.5 Å². The molecule has 1 aromatic carbocycles. The Morgan fingerprint density at radius 2 is 2.22 bits per heavy atom. The molecule has 3 N–H and O–H groups in total. The summed E-state index contributed by atoms with van der Waals surface area (Å²) in [5.41, 5.74) is 7.07. The van der Waals surface area contributed by atoms with Crippen LogP contribution in [0.25, 0.3) is 0 Å². The van der Waals surface area contributed by atoms with Gasteiger partial charge in [0.15, 0.2) is 0 Å². The van der Waals surface area contributed by atoms with E-state index < -0.39 is 5.97 Å². The van der Waals surface area contributed by atoms with Gasteiger partial charge in [-0.15, -0.1) is 0 Å². The number of anilines is 2. The van der Waals surface area contributed by atoms with Crippen LogP contribution in [-0.4, -0.2) is 36.4 Å². The number of nitrogens with two attached hydrogens (primary N) is 1. The minimum Gasteiger partial charge on any atom is -0.478 e. The highest BCUT2D eigenvalue weighted by Gasteiger charge is 2.26. The highest BCUT2D eigenvalue weighted by atomic mass is 16.5. The molecule has 0 saturated carbocycles. The molecule has 2 unspecified atom stereocenters. The molecule has 1 aliphatic rings. The first-order valence-electron chi connectivity index (χ1n) is 6.00. The van der Waals surface area contributed by atoms with Crippen LogP contribution in [0.5, 0.6) is 0 Å². The fourth-order valence-electron chi connectivity index (χ4n) is 2.21. The average Bonchev–Trinajstić information content (AvgIpc) is 2.32. The smallest absolute Gasteiger partial charge is 0.337 e. The molecule has 1 heterocycles. The van der Waals surface area contributed by atoms with E-state index in [1.807, 2.05) is 13.8 Å². The zero-order chi connectivity index (χ0) is 13.3. The fraction of sp³-hybridized carbons (Fsp3) is 0.462. The quantitative estimate of drug-likeness (QED) is 0.779. The van der Waals surface area contributed by atoms with Gasteiger partial charge in [-0.2, -0.15) is 0 Å². The van der Waals surface area contributed by atoms with E-state index in [-0.39, 0.29) is 17.7 Å². The molecule has 1 aliphatic heterocycles. The van der Waals surface area contributed by atoms with Gasteiger partial charge in [-0.1, -0.05) is 0 Å². The lowest BCUT2D eigenvalue weighted by Crippen LogP contribution is -2.48. The molecule has 1 aromatic rings. The Morgan fingerprint density at radius 1 is 1.50 bits per heavy atom. The molecule has 0 aliphatic carbocycles. The summed E-state index contributed by atoms with van der Waals surface area (Å²) in [6.07, 6.45) is 0.0976. The third kappa shape index (κ3) is 2.41. The molecule has 1 saturated heterocycles. The molecular weight excluding hydrogens is 232 g/mol. The van der Waals surface area contributed by atoms with Crippen molar-refractivity contribution >= 4 is 17.3 Å². The van der Waals surface area contributed by atoms with Crippen molar-refractivity contribution in [2.75, 3.05) is 23.8 Å². The van der Waals surface area contributed by atoms with Crippen LogP contribution in [0.1, 0.15) is 24.2 Å². The maximum absolute atomic E-state index is 11.3. The van der Waals surface area contributed by atoms with Gasteiger partial charge in [-0.3, -0.25) is 0 Å². The lowest BCUT2D eigenvalue weighted by Gasteiger charge is -2.39. The summed E-state index contributed by atoms with van der Waals surface area (Å²) in [5, 5.41) is 9.26. The number of ether oxygens (including phenoxy) is 1. The Kier molecular flexibility index (Phi) is 3.43. The largest absolute Gasteiger partial charge is 0.478 e. The lowest BCUT2D eigenvalue weighted by molar-refractivity contribution is 0.0341. The highest BCUT2D eigenvalue weighted by Crippen LogP contribution is 2.27. The summed E-state index contributed by atoms with van der Waals surface area (Å²) in [6, 6.07) is 5.16. The second kappa shape index (κ2) is 4.86. The molecule has 0 aromatic heterocycles. The standard InChI is InChI=1S/C13H18N2O3/c1-8-7-18-9(2)6-15(8)12-4-3-10(14)5-11(12)13(16)17/h3-5,8-9H,6-7,14H2,1-2H3,(H,16,17). The lowest BCUT2D eigenvalue weighted by atomic mass is 10.1. The molecule has 1 fully saturated rings. The van der Waals surface area contributed by atoms with Crippen LogP contribution in [-0.2, 0) is 4.74 Å². The average molecular weight is 250 g/mol. The second-order valence-corrected chi connectivity index (χ2v) is 4.73. The summed E-state index contributed by atoms with van der Waals surface area (Å²) < 4.78 is 5.55. The maximum Gasteiger partial charge on any atom is 0.337 e. The topological polar surface area (TPSA) is 75.8 Å². The van der Waals surface area contributed by atoms with E-state index in [2.05, 4.69) is 4.90 Å². The first kappa shape index (κ1) is 12.7. The number of nitrogens with zero attached hydrogens (tertiary/aromatic N) is 1. The first-order valence-corrected chi connectivity index (χ1v) is 6.00. The summed E-state index contributed by atoms with van der Waals surface area (Å²) in [4.78, 5) is 13.4. The monoisotopic (exact) mass is 250 g/mol. The van der Waals surface area contributed by atoms with E-state index in [9.17, 15) is 9.90 Å². The summed E-state index contributed by atoms with van der Waals surface area (Å²) in [5.74, 6) is -0.955. The van der Waals surface area contributed by atoms with Crippen molar-refractivity contribution in [3.8, 4) is 0 Å². The predicted molar refractivity (Wildman–Crippen MR) is 70.0 cm³/mol. The van der Waals surface area contributed by atoms with Crippen LogP contribution in [0, 0.1) is 0 Å². The van der Waals surface area contributed by atoms with Gasteiger partial charge in [0.05, 0.1) is 24.0 Å². The molecule has 5 heteroatoms. The van der Waals surface area contributed by atoms with E-state index in [1.165, 1.54) is 6.07 Å². The van der Waals surface area contributed by atoms with Crippen LogP contribution < -0.4 is 10.6 Å². The van der Waals surface area contributed by atoms with Gasteiger partial charge in [0.25, 0.3) is 0 Å². The van der Waals surface area contributed by atoms with Gasteiger partial charge in [-0.25, -0.2) is 4.79 Å². The Labute approximate surface area is 106 Å². The van der Waals surface area contributed by atoms with Crippen molar-refractivity contribution in [3.05, 3.63) is 23.8 Å². The number of nitrogen functional groups attached to an aromatic ring is 1. The van der Waals surface area contributed by atoms with Crippen molar-refractivity contribution in [2.45, 2.75) is 26.0 Å². The third-order valence-electron chi connectivity index (χ3n) is 3.17. The Hall–Kier alpha value is -1.75. The van der Waals surface area contributed by atoms with Crippen LogP contribution in [0.4, 0.5) is 11.4 Å². The molecule has 5 nitrogen and oxygen atoms in total. The molecule has 98 valence electrons. The number of hydrogen-bond donors (Lipinski definition) is 2. The van der Waals surface area contributed by atoms with E-state index in [0.29, 0.717) is 24.5 Å². The Morgan fingerprint density at radius 3 is 2.89 bits per heavy atom. The number of carboxylic acid groups (broad SMARTS) is 1. The normalized spacial score (nSPS) is 24.0. The number of rotatable bonds is 2. The second-order valence-electron chi connectivity index (χ2n) is 4.73. The zero-order valence-corrected chi connectivity index (χ0v) is 10.6. The zero-order valence-electron chi connectivity index (χ0n) is 10.6. The van der Waals surface area contributed by atoms with Crippen LogP contribution >= 0.6 is 0 Å². The van der Waals surface area contributed by atoms with Crippen molar-refractivity contribution in [2.24, 2.45) is 0 Å². The molecule has 2 atom stereocenters. The van der Waals surface area contributed by atoms with Gasteiger partial charge >= 0.3 is 5.97 Å². The molecular formula is C13H18N2O3. The molecule has 2 rings (SSSR count). The van der Waals surface area contributed by atoms with Gasteiger partial charge in [0.2, 0.25) is 0 Å². The number of aromatic carboxylic acids is 1. The van der Waals surface area contributed by atoms with Gasteiger partial charge in [0.1, 0.15) is 0 Å². The molecule has 18 heavy (non-hydrogen) atoms. The van der Waals surface area contributed by atoms with E-state index in [0.717, 1.165) is 0 Å². The molecule has 0 amide bonds. The van der Waals surface area contributed by atoms with Gasteiger partial charge in [-0.05, 0) is 32.0 Å². The summed E-state index contributed by atoms with van der Waals surface area (Å²) >= 11 is 0. The van der Waals surface area contributed by atoms with Crippen LogP contribution in [0.2, 0.25) is 0 Å². The number of morpholine rings is 1. The van der Waals surface area contributed by atoms with Crippen molar-refractivity contribution in [3.63, 3.8) is 0 Å². The number of benzene rings is 1. The minimum absolute atomic E-state index is 0.0976. The first-order chi connectivity index (χ1) is 8.49. The molecule has 0 radical (unpaired) electrons. The SMILES string of the molecule is CC1CN(c2ccc(N)cc2C(=O)O)C(C)CO1. The summed E-state index contributed by atoms with van der Waals surface area (Å²) in [6.45, 7) is 5.29. The Balaban J connectivity index is 2.40. The Bertz CT molecular complexity index is 462. The van der Waals surface area contributed by atoms with Crippen LogP contribution in [0.3, 0.4) is 0 Å². The predicted octanol–water partition coefficient (Wildman–Crippen LogP) is 1.58. The number of carboxylic acids is 1. The summed E-state index contributed by atoms with van der Waals surface area (Å²) in [7, 11) is 0. The number of hydrogen-bond acceptors (Lipinski definition) is 4. The van der Waals surface area contributed by atoms with Crippen molar-refractivity contribution in [1.29, 1.82) is 0 Å². The maximum atomic E-state index is 11.3. The van der Waals surface area contributed by atoms with E-state index >= 15 is 0 Å².